The third-order valence-corrected chi connectivity index (χ3v) is 8.04. The SMILES string of the molecule is C[C@@H]1CN([C@H](C)CO)C(=O)c2cccc(NC(=O)C3CCNCC3)c2O[C@H]1CN(C)Cc1ccc2c(c1)OCO2. The number of piperidine rings is 1. The molecule has 2 aromatic carbocycles. The molecule has 3 aliphatic heterocycles. The van der Waals surface area contributed by atoms with Crippen molar-refractivity contribution in [2.24, 2.45) is 11.8 Å². The normalized spacial score (nSPS) is 21.8. The number of rotatable bonds is 8. The molecule has 3 aliphatic rings. The molecule has 0 unspecified atom stereocenters. The zero-order chi connectivity index (χ0) is 28.2. The standard InChI is InChI=1S/C30H40N4O6/c1-19-14-34(20(2)17-35)30(37)23-5-4-6-24(32-29(36)22-9-11-31-12-10-22)28(23)40-27(19)16-33(3)15-21-7-8-25-26(13-21)39-18-38-25/h4-8,13,19-20,22,27,31,35H,9-12,14-18H2,1-3H3,(H,32,36)/t19-,20-,27+/m1/s1. The molecule has 3 N–H and O–H groups in total. The smallest absolute Gasteiger partial charge is 0.258 e. The molecule has 3 heterocycles. The average molecular weight is 553 g/mol. The first-order valence-corrected chi connectivity index (χ1v) is 14.1. The maximum Gasteiger partial charge on any atom is 0.258 e. The molecule has 0 saturated carbocycles. The molecule has 0 aliphatic carbocycles. The van der Waals surface area contributed by atoms with Crippen LogP contribution in [0.5, 0.6) is 17.2 Å². The first-order chi connectivity index (χ1) is 19.3. The van der Waals surface area contributed by atoms with E-state index in [2.05, 4.69) is 22.5 Å². The molecular formula is C30H40N4O6. The van der Waals surface area contributed by atoms with Gasteiger partial charge in [0.25, 0.3) is 5.91 Å². The number of amides is 2. The van der Waals surface area contributed by atoms with Crippen molar-refractivity contribution in [1.82, 2.24) is 15.1 Å². The zero-order valence-corrected chi connectivity index (χ0v) is 23.5. The fourth-order valence-corrected chi connectivity index (χ4v) is 5.60. The van der Waals surface area contributed by atoms with E-state index in [-0.39, 0.29) is 49.2 Å². The lowest BCUT2D eigenvalue weighted by Gasteiger charge is -2.38. The summed E-state index contributed by atoms with van der Waals surface area (Å²) in [4.78, 5) is 30.8. The molecule has 0 aromatic heterocycles. The fraction of sp³-hybridized carbons (Fsp3) is 0.533. The Balaban J connectivity index is 1.40. The van der Waals surface area contributed by atoms with Crippen molar-refractivity contribution in [3.05, 3.63) is 47.5 Å². The van der Waals surface area contributed by atoms with Crippen LogP contribution in [-0.4, -0.2) is 85.5 Å². The van der Waals surface area contributed by atoms with Crippen LogP contribution in [0.3, 0.4) is 0 Å². The third kappa shape index (κ3) is 6.19. The van der Waals surface area contributed by atoms with Crippen LogP contribution in [0.4, 0.5) is 5.69 Å². The van der Waals surface area contributed by atoms with Gasteiger partial charge in [-0.05, 0) is 69.7 Å². The van der Waals surface area contributed by atoms with Crippen LogP contribution in [0.1, 0.15) is 42.6 Å². The Morgan fingerprint density at radius 1 is 1.20 bits per heavy atom. The molecule has 1 fully saturated rings. The highest BCUT2D eigenvalue weighted by molar-refractivity contribution is 6.02. The molecule has 1 saturated heterocycles. The minimum Gasteiger partial charge on any atom is -0.486 e. The number of ether oxygens (including phenoxy) is 3. The lowest BCUT2D eigenvalue weighted by Crippen LogP contribution is -2.49. The number of aliphatic hydroxyl groups is 1. The molecule has 2 amide bonds. The molecule has 2 aromatic rings. The quantitative estimate of drug-likeness (QED) is 0.458. The summed E-state index contributed by atoms with van der Waals surface area (Å²) < 4.78 is 17.6. The Labute approximate surface area is 235 Å². The van der Waals surface area contributed by atoms with Crippen molar-refractivity contribution in [2.75, 3.05) is 51.9 Å². The summed E-state index contributed by atoms with van der Waals surface area (Å²) in [5.74, 6) is 1.48. The molecule has 10 heteroatoms. The van der Waals surface area contributed by atoms with E-state index < -0.39 is 0 Å². The number of nitrogens with zero attached hydrogens (tertiary/aromatic N) is 2. The second kappa shape index (κ2) is 12.4. The van der Waals surface area contributed by atoms with Crippen LogP contribution >= 0.6 is 0 Å². The first kappa shape index (κ1) is 28.2. The molecule has 0 radical (unpaired) electrons. The molecule has 0 spiro atoms. The van der Waals surface area contributed by atoms with Gasteiger partial charge in [0.05, 0.1) is 23.9 Å². The van der Waals surface area contributed by atoms with Gasteiger partial charge in [-0.1, -0.05) is 19.1 Å². The van der Waals surface area contributed by atoms with Gasteiger partial charge < -0.3 is 34.9 Å². The second-order valence-electron chi connectivity index (χ2n) is 11.2. The van der Waals surface area contributed by atoms with Gasteiger partial charge in [-0.2, -0.15) is 0 Å². The monoisotopic (exact) mass is 552 g/mol. The number of carbonyl (C=O) groups is 2. The van der Waals surface area contributed by atoms with E-state index >= 15 is 0 Å². The number of hydrogen-bond donors (Lipinski definition) is 3. The van der Waals surface area contributed by atoms with Crippen LogP contribution < -0.4 is 24.8 Å². The fourth-order valence-electron chi connectivity index (χ4n) is 5.60. The van der Waals surface area contributed by atoms with Gasteiger partial charge in [-0.3, -0.25) is 14.5 Å². The van der Waals surface area contributed by atoms with E-state index in [0.717, 1.165) is 43.0 Å². The maximum absolute atomic E-state index is 13.7. The van der Waals surface area contributed by atoms with Crippen molar-refractivity contribution < 1.29 is 28.9 Å². The summed E-state index contributed by atoms with van der Waals surface area (Å²) in [7, 11) is 2.03. The van der Waals surface area contributed by atoms with E-state index in [4.69, 9.17) is 14.2 Å². The Bertz CT molecular complexity index is 1220. The summed E-state index contributed by atoms with van der Waals surface area (Å²) in [6, 6.07) is 10.9. The van der Waals surface area contributed by atoms with Gasteiger partial charge in [0.1, 0.15) is 6.10 Å². The number of hydrogen-bond acceptors (Lipinski definition) is 8. The van der Waals surface area contributed by atoms with Crippen LogP contribution in [0.25, 0.3) is 0 Å². The van der Waals surface area contributed by atoms with Gasteiger partial charge in [-0.15, -0.1) is 0 Å². The molecule has 3 atom stereocenters. The summed E-state index contributed by atoms with van der Waals surface area (Å²) in [5.41, 5.74) is 1.98. The Hall–Kier alpha value is -3.34. The highest BCUT2D eigenvalue weighted by atomic mass is 16.7. The summed E-state index contributed by atoms with van der Waals surface area (Å²) >= 11 is 0. The largest absolute Gasteiger partial charge is 0.486 e. The number of para-hydroxylation sites is 1. The summed E-state index contributed by atoms with van der Waals surface area (Å²) in [6.07, 6.45) is 1.26. The maximum atomic E-state index is 13.7. The minimum atomic E-state index is -0.360. The lowest BCUT2D eigenvalue weighted by atomic mass is 9.96. The summed E-state index contributed by atoms with van der Waals surface area (Å²) in [5, 5.41) is 16.3. The zero-order valence-electron chi connectivity index (χ0n) is 23.5. The molecule has 216 valence electrons. The van der Waals surface area contributed by atoms with Gasteiger partial charge >= 0.3 is 0 Å². The van der Waals surface area contributed by atoms with E-state index in [0.29, 0.717) is 36.6 Å². The average Bonchev–Trinajstić information content (AvgIpc) is 3.43. The highest BCUT2D eigenvalue weighted by Crippen LogP contribution is 2.36. The van der Waals surface area contributed by atoms with E-state index in [1.165, 1.54) is 0 Å². The Morgan fingerprint density at radius 3 is 2.75 bits per heavy atom. The number of nitrogens with one attached hydrogen (secondary N) is 2. The van der Waals surface area contributed by atoms with Gasteiger partial charge in [0.15, 0.2) is 17.2 Å². The number of likely N-dealkylation sites (N-methyl/N-ethyl adjacent to an activating group) is 1. The van der Waals surface area contributed by atoms with E-state index in [1.54, 1.807) is 23.1 Å². The van der Waals surface area contributed by atoms with E-state index in [9.17, 15) is 14.7 Å². The summed E-state index contributed by atoms with van der Waals surface area (Å²) in [6.45, 7) is 7.30. The second-order valence-corrected chi connectivity index (χ2v) is 11.2. The molecule has 10 nitrogen and oxygen atoms in total. The van der Waals surface area contributed by atoms with Crippen LogP contribution in [0.2, 0.25) is 0 Å². The number of anilines is 1. The minimum absolute atomic E-state index is 0.0431. The number of benzene rings is 2. The van der Waals surface area contributed by atoms with Crippen molar-refractivity contribution >= 4 is 17.5 Å². The van der Waals surface area contributed by atoms with Gasteiger partial charge in [0, 0.05) is 31.5 Å². The van der Waals surface area contributed by atoms with E-state index in [1.807, 2.05) is 32.2 Å². The molecular weight excluding hydrogens is 512 g/mol. The molecule has 5 rings (SSSR count). The highest BCUT2D eigenvalue weighted by Gasteiger charge is 2.35. The number of carbonyl (C=O) groups excluding carboxylic acids is 2. The van der Waals surface area contributed by atoms with Crippen LogP contribution in [-0.2, 0) is 11.3 Å². The van der Waals surface area contributed by atoms with Crippen LogP contribution in [0, 0.1) is 11.8 Å². The topological polar surface area (TPSA) is 113 Å². The number of aliphatic hydroxyl groups excluding tert-OH is 1. The Morgan fingerprint density at radius 2 is 1.98 bits per heavy atom. The number of fused-ring (bicyclic) bond motifs is 2. The van der Waals surface area contributed by atoms with Crippen molar-refractivity contribution in [3.8, 4) is 17.2 Å². The molecule has 40 heavy (non-hydrogen) atoms. The van der Waals surface area contributed by atoms with Crippen LogP contribution in [0.15, 0.2) is 36.4 Å². The van der Waals surface area contributed by atoms with Crippen molar-refractivity contribution in [2.45, 2.75) is 45.4 Å². The molecule has 0 bridgehead atoms. The first-order valence-electron chi connectivity index (χ1n) is 14.1. The predicted molar refractivity (Wildman–Crippen MR) is 151 cm³/mol. The Kier molecular flexibility index (Phi) is 8.78. The van der Waals surface area contributed by atoms with Gasteiger partial charge in [-0.25, -0.2) is 0 Å². The third-order valence-electron chi connectivity index (χ3n) is 8.04. The lowest BCUT2D eigenvalue weighted by molar-refractivity contribution is -0.120. The predicted octanol–water partition coefficient (Wildman–Crippen LogP) is 2.71. The van der Waals surface area contributed by atoms with Crippen molar-refractivity contribution in [3.63, 3.8) is 0 Å². The van der Waals surface area contributed by atoms with Gasteiger partial charge in [0.2, 0.25) is 12.7 Å². The van der Waals surface area contributed by atoms with Crippen molar-refractivity contribution in [1.29, 1.82) is 0 Å².